The molecular weight excluding hydrogens is 1130 g/mol. The average molecular weight is 1300 g/mol. The van der Waals surface area contributed by atoms with Crippen LogP contribution in [-0.2, 0) is 14.3 Å². The SMILES string of the molecule is CCCCCCCCCCCCCCCCCCCCCCCC/C=C/C(O)C(CO)NC(=O)CCCCCCCCCCCCCCCCCCC/C=C\CCCCCCCCCCCCCCOC(=O)CCCCCCCCCCCCCCCCCCCC. The molecule has 2 unspecified atom stereocenters. The van der Waals surface area contributed by atoms with E-state index in [0.717, 1.165) is 38.5 Å². The van der Waals surface area contributed by atoms with Crippen LogP contribution in [0.15, 0.2) is 24.3 Å². The maximum Gasteiger partial charge on any atom is 0.305 e. The molecule has 2 atom stereocenters. The fourth-order valence-corrected chi connectivity index (χ4v) is 13.8. The molecule has 0 aliphatic carbocycles. The number of allylic oxidation sites excluding steroid dienone is 3. The number of unbranched alkanes of at least 4 members (excludes halogenated alkanes) is 68. The Morgan fingerprint density at radius 2 is 0.511 bits per heavy atom. The Morgan fingerprint density at radius 1 is 0.293 bits per heavy atom. The third kappa shape index (κ3) is 77.3. The minimum Gasteiger partial charge on any atom is -0.466 e. The zero-order valence-electron chi connectivity index (χ0n) is 62.8. The maximum atomic E-state index is 12.6. The Hall–Kier alpha value is -1.66. The number of hydrogen-bond donors (Lipinski definition) is 3. The van der Waals surface area contributed by atoms with Crippen LogP contribution in [-0.4, -0.2) is 47.4 Å². The lowest BCUT2D eigenvalue weighted by molar-refractivity contribution is -0.143. The predicted molar refractivity (Wildman–Crippen MR) is 407 cm³/mol. The highest BCUT2D eigenvalue weighted by molar-refractivity contribution is 5.76. The van der Waals surface area contributed by atoms with E-state index in [1.165, 1.54) is 424 Å². The van der Waals surface area contributed by atoms with Crippen molar-refractivity contribution < 1.29 is 24.5 Å². The summed E-state index contributed by atoms with van der Waals surface area (Å²) >= 11 is 0. The lowest BCUT2D eigenvalue weighted by Gasteiger charge is -2.20. The molecule has 0 aromatic carbocycles. The Kier molecular flexibility index (Phi) is 80.3. The van der Waals surface area contributed by atoms with Crippen LogP contribution in [0.25, 0.3) is 0 Å². The summed E-state index contributed by atoms with van der Waals surface area (Å²) in [7, 11) is 0. The molecule has 0 aromatic heterocycles. The Balaban J connectivity index is 3.36. The highest BCUT2D eigenvalue weighted by atomic mass is 16.5. The summed E-state index contributed by atoms with van der Waals surface area (Å²) in [6.45, 7) is 4.97. The zero-order chi connectivity index (χ0) is 66.3. The highest BCUT2D eigenvalue weighted by Gasteiger charge is 2.18. The first-order valence-electron chi connectivity index (χ1n) is 42.6. The van der Waals surface area contributed by atoms with Crippen molar-refractivity contribution in [1.82, 2.24) is 5.32 Å². The van der Waals surface area contributed by atoms with Gasteiger partial charge in [-0.15, -0.1) is 0 Å². The molecule has 0 aromatic rings. The normalized spacial score (nSPS) is 12.5. The summed E-state index contributed by atoms with van der Waals surface area (Å²) in [4.78, 5) is 24.7. The number of carbonyl (C=O) groups is 2. The van der Waals surface area contributed by atoms with Gasteiger partial charge in [0.1, 0.15) is 0 Å². The second kappa shape index (κ2) is 81.8. The van der Waals surface area contributed by atoms with Crippen molar-refractivity contribution in [2.75, 3.05) is 13.2 Å². The minimum absolute atomic E-state index is 0.0241. The molecule has 0 saturated carbocycles. The van der Waals surface area contributed by atoms with E-state index in [-0.39, 0.29) is 18.5 Å². The van der Waals surface area contributed by atoms with Gasteiger partial charge in [-0.05, 0) is 57.8 Å². The Morgan fingerprint density at radius 3 is 0.772 bits per heavy atom. The number of carbonyl (C=O) groups excluding carboxylic acids is 2. The van der Waals surface area contributed by atoms with Crippen LogP contribution in [0.5, 0.6) is 0 Å². The van der Waals surface area contributed by atoms with Gasteiger partial charge in [0.15, 0.2) is 0 Å². The Labute approximate surface area is 577 Å². The van der Waals surface area contributed by atoms with Gasteiger partial charge in [0.2, 0.25) is 5.91 Å². The molecule has 0 heterocycles. The van der Waals surface area contributed by atoms with Crippen molar-refractivity contribution in [1.29, 1.82) is 0 Å². The highest BCUT2D eigenvalue weighted by Crippen LogP contribution is 2.21. The first-order valence-corrected chi connectivity index (χ1v) is 42.6. The van der Waals surface area contributed by atoms with Gasteiger partial charge < -0.3 is 20.3 Å². The number of rotatable bonds is 81. The van der Waals surface area contributed by atoms with E-state index in [4.69, 9.17) is 4.74 Å². The molecule has 0 radical (unpaired) electrons. The minimum atomic E-state index is -0.844. The molecule has 0 fully saturated rings. The van der Waals surface area contributed by atoms with Crippen LogP contribution in [0.2, 0.25) is 0 Å². The van der Waals surface area contributed by atoms with Crippen molar-refractivity contribution in [3.8, 4) is 0 Å². The fraction of sp³-hybridized carbons (Fsp3) is 0.930. The molecule has 0 aliphatic rings. The topological polar surface area (TPSA) is 95.9 Å². The summed E-state index contributed by atoms with van der Waals surface area (Å²) in [6.07, 6.45) is 106. The molecule has 6 heteroatoms. The quantitative estimate of drug-likeness (QED) is 0.0320. The van der Waals surface area contributed by atoms with Crippen molar-refractivity contribution >= 4 is 11.9 Å². The van der Waals surface area contributed by atoms with Gasteiger partial charge in [0.05, 0.1) is 25.4 Å². The number of nitrogens with one attached hydrogen (secondary N) is 1. The van der Waals surface area contributed by atoms with E-state index in [1.54, 1.807) is 6.08 Å². The van der Waals surface area contributed by atoms with E-state index in [9.17, 15) is 19.8 Å². The van der Waals surface area contributed by atoms with Gasteiger partial charge in [-0.1, -0.05) is 443 Å². The molecule has 0 spiro atoms. The molecule has 92 heavy (non-hydrogen) atoms. The van der Waals surface area contributed by atoms with E-state index >= 15 is 0 Å². The largest absolute Gasteiger partial charge is 0.466 e. The molecular formula is C86H167NO5. The van der Waals surface area contributed by atoms with Crippen LogP contribution in [0.4, 0.5) is 0 Å². The van der Waals surface area contributed by atoms with E-state index in [2.05, 4.69) is 31.3 Å². The maximum absolute atomic E-state index is 12.6. The summed E-state index contributed by atoms with van der Waals surface area (Å²) in [5.74, 6) is -0.0350. The molecule has 1 amide bonds. The van der Waals surface area contributed by atoms with Gasteiger partial charge in [-0.25, -0.2) is 0 Å². The number of esters is 1. The van der Waals surface area contributed by atoms with Crippen molar-refractivity contribution in [2.24, 2.45) is 0 Å². The molecule has 0 aliphatic heterocycles. The summed E-state index contributed by atoms with van der Waals surface area (Å²) in [5.41, 5.74) is 0. The first-order chi connectivity index (χ1) is 45.5. The molecule has 0 saturated heterocycles. The van der Waals surface area contributed by atoms with E-state index in [1.807, 2.05) is 6.08 Å². The molecule has 0 bridgehead atoms. The standard InChI is InChI=1S/C86H167NO5/c1-3-5-7-9-11-13-15-17-19-21-23-24-25-37-40-43-46-50-54-58-62-66-70-74-78-84(89)83(82-88)87-85(90)79-75-71-67-63-59-55-51-47-44-41-38-35-33-31-29-27-26-28-30-32-34-36-39-42-45-49-53-57-61-65-69-73-77-81-92-86(91)80-76-72-68-64-60-56-52-48-22-20-18-16-14-12-10-8-6-4-2/h30,32,74,78,83-84,88-89H,3-29,31,33-73,75-77,79-82H2,1-2H3,(H,87,90)/b32-30-,78-74+. The van der Waals surface area contributed by atoms with E-state index < -0.39 is 12.1 Å². The second-order valence-electron chi connectivity index (χ2n) is 29.5. The molecule has 546 valence electrons. The van der Waals surface area contributed by atoms with E-state index in [0.29, 0.717) is 19.4 Å². The summed E-state index contributed by atoms with van der Waals surface area (Å²) < 4.78 is 5.52. The second-order valence-corrected chi connectivity index (χ2v) is 29.5. The number of aliphatic hydroxyl groups excluding tert-OH is 2. The smallest absolute Gasteiger partial charge is 0.305 e. The Bertz CT molecular complexity index is 1450. The van der Waals surface area contributed by atoms with Crippen LogP contribution in [0.1, 0.15) is 489 Å². The van der Waals surface area contributed by atoms with Crippen molar-refractivity contribution in [3.63, 3.8) is 0 Å². The monoisotopic (exact) mass is 1290 g/mol. The molecule has 3 N–H and O–H groups in total. The van der Waals surface area contributed by atoms with Gasteiger partial charge in [0.25, 0.3) is 0 Å². The fourth-order valence-electron chi connectivity index (χ4n) is 13.8. The number of amides is 1. The van der Waals surface area contributed by atoms with Crippen LogP contribution >= 0.6 is 0 Å². The number of ether oxygens (including phenoxy) is 1. The average Bonchev–Trinajstić information content (AvgIpc) is 3.77. The van der Waals surface area contributed by atoms with Crippen LogP contribution < -0.4 is 5.32 Å². The molecule has 6 nitrogen and oxygen atoms in total. The number of hydrogen-bond acceptors (Lipinski definition) is 5. The van der Waals surface area contributed by atoms with Gasteiger partial charge in [-0.2, -0.15) is 0 Å². The van der Waals surface area contributed by atoms with Crippen LogP contribution in [0.3, 0.4) is 0 Å². The van der Waals surface area contributed by atoms with Gasteiger partial charge >= 0.3 is 5.97 Å². The van der Waals surface area contributed by atoms with Gasteiger partial charge in [0, 0.05) is 12.8 Å². The summed E-state index contributed by atoms with van der Waals surface area (Å²) in [6, 6.07) is -0.627. The van der Waals surface area contributed by atoms with Crippen molar-refractivity contribution in [3.05, 3.63) is 24.3 Å². The summed E-state index contributed by atoms with van der Waals surface area (Å²) in [5, 5.41) is 23.3. The number of aliphatic hydroxyl groups is 2. The third-order valence-corrected chi connectivity index (χ3v) is 20.2. The van der Waals surface area contributed by atoms with Crippen molar-refractivity contribution in [2.45, 2.75) is 501 Å². The lowest BCUT2D eigenvalue weighted by atomic mass is 10.0. The lowest BCUT2D eigenvalue weighted by Crippen LogP contribution is -2.45. The molecule has 0 rings (SSSR count). The first kappa shape index (κ1) is 90.3. The zero-order valence-corrected chi connectivity index (χ0v) is 62.8. The van der Waals surface area contributed by atoms with Gasteiger partial charge in [-0.3, -0.25) is 9.59 Å². The third-order valence-electron chi connectivity index (χ3n) is 20.2. The van der Waals surface area contributed by atoms with Crippen LogP contribution in [0, 0.1) is 0 Å². The predicted octanol–water partition coefficient (Wildman–Crippen LogP) is 28.4.